The summed E-state index contributed by atoms with van der Waals surface area (Å²) in [5, 5.41) is 3.49. The van der Waals surface area contributed by atoms with Crippen molar-refractivity contribution in [2.24, 2.45) is 0 Å². The molecule has 2 aromatic rings. The van der Waals surface area contributed by atoms with Crippen molar-refractivity contribution >= 4 is 0 Å². The minimum atomic E-state index is 0.723. The van der Waals surface area contributed by atoms with Crippen LogP contribution < -0.4 is 19.5 Å². The van der Waals surface area contributed by atoms with E-state index in [2.05, 4.69) is 35.6 Å². The zero-order chi connectivity index (χ0) is 15.5. The molecule has 2 aromatic carbocycles. The summed E-state index contributed by atoms with van der Waals surface area (Å²) in [4.78, 5) is 0. The Balaban J connectivity index is 1.37. The van der Waals surface area contributed by atoms with E-state index < -0.39 is 0 Å². The molecule has 0 radical (unpaired) electrons. The SMILES string of the molecule is c1cc2c(cc1CNCc1ccc3c(c1)OCCCO3)CCO2. The van der Waals surface area contributed by atoms with Gasteiger partial charge < -0.3 is 19.5 Å². The standard InChI is InChI=1S/C19H21NO3/c1-7-21-18-5-3-15(11-19(18)22-8-1)13-20-12-14-2-4-17-16(10-14)6-9-23-17/h2-5,10-11,20H,1,6-9,12-13H2. The van der Waals surface area contributed by atoms with Crippen LogP contribution in [0.5, 0.6) is 17.2 Å². The van der Waals surface area contributed by atoms with E-state index in [4.69, 9.17) is 14.2 Å². The van der Waals surface area contributed by atoms with E-state index >= 15 is 0 Å². The summed E-state index contributed by atoms with van der Waals surface area (Å²) >= 11 is 0. The Morgan fingerprint density at radius 3 is 2.30 bits per heavy atom. The highest BCUT2D eigenvalue weighted by Crippen LogP contribution is 2.30. The summed E-state index contributed by atoms with van der Waals surface area (Å²) in [6.07, 6.45) is 1.95. The van der Waals surface area contributed by atoms with Crippen molar-refractivity contribution in [1.29, 1.82) is 0 Å². The lowest BCUT2D eigenvalue weighted by molar-refractivity contribution is 0.297. The number of hydrogen-bond acceptors (Lipinski definition) is 4. The molecule has 4 heteroatoms. The molecule has 23 heavy (non-hydrogen) atoms. The molecule has 0 saturated carbocycles. The first-order valence-corrected chi connectivity index (χ1v) is 8.22. The molecule has 2 aliphatic rings. The van der Waals surface area contributed by atoms with E-state index in [1.807, 2.05) is 6.07 Å². The number of benzene rings is 2. The van der Waals surface area contributed by atoms with Crippen molar-refractivity contribution in [3.8, 4) is 17.2 Å². The van der Waals surface area contributed by atoms with Crippen LogP contribution in [0.4, 0.5) is 0 Å². The van der Waals surface area contributed by atoms with Gasteiger partial charge in [0.05, 0.1) is 19.8 Å². The van der Waals surface area contributed by atoms with Gasteiger partial charge in [0.15, 0.2) is 11.5 Å². The minimum absolute atomic E-state index is 0.723. The second kappa shape index (κ2) is 6.50. The second-order valence-corrected chi connectivity index (χ2v) is 5.98. The van der Waals surface area contributed by atoms with Crippen LogP contribution in [0.3, 0.4) is 0 Å². The van der Waals surface area contributed by atoms with Gasteiger partial charge >= 0.3 is 0 Å². The molecular weight excluding hydrogens is 290 g/mol. The van der Waals surface area contributed by atoms with Gasteiger partial charge in [-0.2, -0.15) is 0 Å². The molecular formula is C19H21NO3. The van der Waals surface area contributed by atoms with Crippen molar-refractivity contribution in [1.82, 2.24) is 5.32 Å². The third-order valence-electron chi connectivity index (χ3n) is 4.22. The van der Waals surface area contributed by atoms with Gasteiger partial charge in [0.25, 0.3) is 0 Å². The fourth-order valence-electron chi connectivity index (χ4n) is 3.02. The zero-order valence-electron chi connectivity index (χ0n) is 13.1. The zero-order valence-corrected chi connectivity index (χ0v) is 13.1. The Bertz CT molecular complexity index is 699. The first-order valence-electron chi connectivity index (χ1n) is 8.22. The quantitative estimate of drug-likeness (QED) is 0.942. The van der Waals surface area contributed by atoms with E-state index in [-0.39, 0.29) is 0 Å². The van der Waals surface area contributed by atoms with Crippen LogP contribution in [0.1, 0.15) is 23.1 Å². The van der Waals surface area contributed by atoms with Gasteiger partial charge in [-0.05, 0) is 34.9 Å². The highest BCUT2D eigenvalue weighted by atomic mass is 16.5. The molecule has 0 aliphatic carbocycles. The summed E-state index contributed by atoms with van der Waals surface area (Å²) in [6.45, 7) is 3.92. The third-order valence-corrected chi connectivity index (χ3v) is 4.22. The van der Waals surface area contributed by atoms with E-state index in [0.717, 1.165) is 63.0 Å². The van der Waals surface area contributed by atoms with Crippen LogP contribution in [-0.2, 0) is 19.5 Å². The number of fused-ring (bicyclic) bond motifs is 2. The van der Waals surface area contributed by atoms with Gasteiger partial charge in [-0.3, -0.25) is 0 Å². The molecule has 2 heterocycles. The molecule has 4 rings (SSSR count). The van der Waals surface area contributed by atoms with Crippen molar-refractivity contribution in [3.05, 3.63) is 53.1 Å². The Morgan fingerprint density at radius 1 is 0.739 bits per heavy atom. The lowest BCUT2D eigenvalue weighted by Crippen LogP contribution is -2.12. The number of nitrogens with one attached hydrogen (secondary N) is 1. The van der Waals surface area contributed by atoms with E-state index in [1.165, 1.54) is 16.7 Å². The summed E-state index contributed by atoms with van der Waals surface area (Å²) in [7, 11) is 0. The molecule has 0 unspecified atom stereocenters. The third kappa shape index (κ3) is 3.27. The monoisotopic (exact) mass is 311 g/mol. The maximum atomic E-state index is 5.74. The first kappa shape index (κ1) is 14.4. The summed E-state index contributed by atoms with van der Waals surface area (Å²) < 4.78 is 16.9. The van der Waals surface area contributed by atoms with Crippen LogP contribution in [-0.4, -0.2) is 19.8 Å². The maximum absolute atomic E-state index is 5.74. The summed E-state index contributed by atoms with van der Waals surface area (Å²) in [5.74, 6) is 2.75. The number of hydrogen-bond donors (Lipinski definition) is 1. The average molecular weight is 311 g/mol. The Labute approximate surface area is 136 Å². The van der Waals surface area contributed by atoms with Crippen molar-refractivity contribution in [2.75, 3.05) is 19.8 Å². The number of rotatable bonds is 4. The smallest absolute Gasteiger partial charge is 0.161 e. The molecule has 0 amide bonds. The molecule has 120 valence electrons. The van der Waals surface area contributed by atoms with Gasteiger partial charge in [0, 0.05) is 25.9 Å². The number of ether oxygens (including phenoxy) is 3. The van der Waals surface area contributed by atoms with E-state index in [1.54, 1.807) is 0 Å². The molecule has 0 saturated heterocycles. The molecule has 0 fully saturated rings. The molecule has 0 aromatic heterocycles. The lowest BCUT2D eigenvalue weighted by atomic mass is 10.1. The Hall–Kier alpha value is -2.20. The van der Waals surface area contributed by atoms with Gasteiger partial charge in [-0.25, -0.2) is 0 Å². The molecule has 0 bridgehead atoms. The summed E-state index contributed by atoms with van der Waals surface area (Å²) in [6, 6.07) is 12.6. The van der Waals surface area contributed by atoms with Crippen LogP contribution >= 0.6 is 0 Å². The van der Waals surface area contributed by atoms with Gasteiger partial charge in [0.2, 0.25) is 0 Å². The lowest BCUT2D eigenvalue weighted by Gasteiger charge is -2.10. The average Bonchev–Trinajstić information content (AvgIpc) is 2.91. The summed E-state index contributed by atoms with van der Waals surface area (Å²) in [5.41, 5.74) is 3.82. The molecule has 2 aliphatic heterocycles. The minimum Gasteiger partial charge on any atom is -0.493 e. The van der Waals surface area contributed by atoms with Gasteiger partial charge in [0.1, 0.15) is 5.75 Å². The van der Waals surface area contributed by atoms with Crippen molar-refractivity contribution < 1.29 is 14.2 Å². The molecule has 4 nitrogen and oxygen atoms in total. The Morgan fingerprint density at radius 2 is 1.43 bits per heavy atom. The van der Waals surface area contributed by atoms with E-state index in [0.29, 0.717) is 0 Å². The molecule has 1 N–H and O–H groups in total. The van der Waals surface area contributed by atoms with Crippen LogP contribution in [0, 0.1) is 0 Å². The van der Waals surface area contributed by atoms with Crippen LogP contribution in [0.25, 0.3) is 0 Å². The first-order chi connectivity index (χ1) is 11.4. The van der Waals surface area contributed by atoms with Crippen LogP contribution in [0.15, 0.2) is 36.4 Å². The molecule has 0 atom stereocenters. The highest BCUT2D eigenvalue weighted by molar-refractivity contribution is 5.43. The maximum Gasteiger partial charge on any atom is 0.161 e. The Kier molecular flexibility index (Phi) is 4.07. The molecule has 0 spiro atoms. The van der Waals surface area contributed by atoms with Crippen molar-refractivity contribution in [2.45, 2.75) is 25.9 Å². The van der Waals surface area contributed by atoms with E-state index in [9.17, 15) is 0 Å². The van der Waals surface area contributed by atoms with Crippen molar-refractivity contribution in [3.63, 3.8) is 0 Å². The normalized spacial score (nSPS) is 15.7. The van der Waals surface area contributed by atoms with Crippen LogP contribution in [0.2, 0.25) is 0 Å². The fourth-order valence-corrected chi connectivity index (χ4v) is 3.02. The van der Waals surface area contributed by atoms with Gasteiger partial charge in [-0.15, -0.1) is 0 Å². The topological polar surface area (TPSA) is 39.7 Å². The van der Waals surface area contributed by atoms with Gasteiger partial charge in [-0.1, -0.05) is 18.2 Å². The second-order valence-electron chi connectivity index (χ2n) is 5.98. The highest BCUT2D eigenvalue weighted by Gasteiger charge is 2.12. The largest absolute Gasteiger partial charge is 0.493 e. The predicted molar refractivity (Wildman–Crippen MR) is 88.2 cm³/mol. The fraction of sp³-hybridized carbons (Fsp3) is 0.368. The predicted octanol–water partition coefficient (Wildman–Crippen LogP) is 3.07.